The molecule has 0 fully saturated rings. The van der Waals surface area contributed by atoms with Crippen molar-refractivity contribution < 1.29 is 4.79 Å². The van der Waals surface area contributed by atoms with E-state index in [1.807, 2.05) is 24.3 Å². The van der Waals surface area contributed by atoms with Gasteiger partial charge in [-0.05, 0) is 37.5 Å². The van der Waals surface area contributed by atoms with Crippen LogP contribution in [-0.2, 0) is 23.5 Å². The number of hydrogen-bond acceptors (Lipinski definition) is 4. The van der Waals surface area contributed by atoms with Crippen LogP contribution in [0.1, 0.15) is 36.2 Å². The van der Waals surface area contributed by atoms with E-state index in [9.17, 15) is 4.79 Å². The minimum Gasteiger partial charge on any atom is -0.325 e. The number of aryl methyl sites for hydroxylation is 2. The lowest BCUT2D eigenvalue weighted by Gasteiger charge is -2.09. The van der Waals surface area contributed by atoms with Gasteiger partial charge in [0.05, 0.1) is 5.75 Å². The molecule has 0 saturated carbocycles. The van der Waals surface area contributed by atoms with Crippen LogP contribution in [0.5, 0.6) is 0 Å². The van der Waals surface area contributed by atoms with E-state index in [2.05, 4.69) is 51.3 Å². The molecule has 0 spiro atoms. The minimum absolute atomic E-state index is 0.0133. The smallest absolute Gasteiger partial charge is 0.234 e. The number of thioether (sulfide) groups is 1. The predicted molar refractivity (Wildman–Crippen MR) is 119 cm³/mol. The number of benzene rings is 2. The van der Waals surface area contributed by atoms with Crippen LogP contribution in [0.3, 0.4) is 0 Å². The van der Waals surface area contributed by atoms with Crippen molar-refractivity contribution in [1.82, 2.24) is 14.8 Å². The Morgan fingerprint density at radius 3 is 2.83 bits per heavy atom. The van der Waals surface area contributed by atoms with Gasteiger partial charge in [-0.3, -0.25) is 4.79 Å². The molecule has 1 aliphatic rings. The molecule has 0 saturated heterocycles. The summed E-state index contributed by atoms with van der Waals surface area (Å²) < 4.78 is 2.23. The van der Waals surface area contributed by atoms with Gasteiger partial charge in [0.2, 0.25) is 5.91 Å². The molecule has 0 unspecified atom stereocenters. The quantitative estimate of drug-likeness (QED) is 0.636. The van der Waals surface area contributed by atoms with E-state index in [4.69, 9.17) is 0 Å². The molecule has 0 atom stereocenters. The first-order chi connectivity index (χ1) is 14.2. The van der Waals surface area contributed by atoms with E-state index < -0.39 is 0 Å². The SMILES string of the molecule is Cc1ccc(CSCC(=O)Nc2cccc(-c3nnc4n3CCCCC4)c2)cc1. The molecular formula is C23H26N4OS. The number of carbonyl (C=O) groups excluding carboxylic acids is 1. The largest absolute Gasteiger partial charge is 0.325 e. The van der Waals surface area contributed by atoms with Crippen LogP contribution in [0.4, 0.5) is 5.69 Å². The molecule has 1 aromatic heterocycles. The minimum atomic E-state index is 0.0133. The van der Waals surface area contributed by atoms with Crippen LogP contribution in [0.25, 0.3) is 11.4 Å². The fourth-order valence-electron chi connectivity index (χ4n) is 3.58. The second kappa shape index (κ2) is 9.27. The van der Waals surface area contributed by atoms with Gasteiger partial charge in [0, 0.05) is 30.0 Å². The van der Waals surface area contributed by atoms with Gasteiger partial charge in [0.1, 0.15) is 5.82 Å². The summed E-state index contributed by atoms with van der Waals surface area (Å²) in [6, 6.07) is 16.3. The molecule has 1 aliphatic heterocycles. The Bertz CT molecular complexity index is 981. The van der Waals surface area contributed by atoms with Gasteiger partial charge in [-0.2, -0.15) is 0 Å². The lowest BCUT2D eigenvalue weighted by atomic mass is 10.2. The van der Waals surface area contributed by atoms with Gasteiger partial charge >= 0.3 is 0 Å². The average molecular weight is 407 g/mol. The van der Waals surface area contributed by atoms with Gasteiger partial charge in [-0.1, -0.05) is 48.4 Å². The third kappa shape index (κ3) is 5.07. The molecule has 150 valence electrons. The molecule has 0 aliphatic carbocycles. The average Bonchev–Trinajstić information content (AvgIpc) is 2.98. The van der Waals surface area contributed by atoms with Crippen molar-refractivity contribution in [2.75, 3.05) is 11.1 Å². The van der Waals surface area contributed by atoms with Gasteiger partial charge in [0.25, 0.3) is 0 Å². The molecule has 2 aromatic carbocycles. The second-order valence-electron chi connectivity index (χ2n) is 7.51. The Kier molecular flexibility index (Phi) is 6.30. The van der Waals surface area contributed by atoms with Crippen molar-refractivity contribution in [3.63, 3.8) is 0 Å². The fraction of sp³-hybridized carbons (Fsp3) is 0.348. The maximum Gasteiger partial charge on any atom is 0.234 e. The number of rotatable bonds is 6. The molecule has 1 amide bonds. The third-order valence-electron chi connectivity index (χ3n) is 5.14. The molecule has 0 bridgehead atoms. The highest BCUT2D eigenvalue weighted by Crippen LogP contribution is 2.25. The molecule has 5 nitrogen and oxygen atoms in total. The number of amides is 1. The van der Waals surface area contributed by atoms with Crippen molar-refractivity contribution in [3.8, 4) is 11.4 Å². The van der Waals surface area contributed by atoms with Crippen LogP contribution >= 0.6 is 11.8 Å². The van der Waals surface area contributed by atoms with Crippen molar-refractivity contribution in [3.05, 3.63) is 65.5 Å². The van der Waals surface area contributed by atoms with Crippen LogP contribution < -0.4 is 5.32 Å². The van der Waals surface area contributed by atoms with E-state index in [0.29, 0.717) is 5.75 Å². The molecule has 3 aromatic rings. The first-order valence-corrected chi connectivity index (χ1v) is 11.3. The molecule has 2 heterocycles. The summed E-state index contributed by atoms with van der Waals surface area (Å²) in [6.45, 7) is 3.04. The number of carbonyl (C=O) groups is 1. The molecule has 1 N–H and O–H groups in total. The molecule has 4 rings (SSSR count). The highest BCUT2D eigenvalue weighted by molar-refractivity contribution is 7.99. The number of hydrogen-bond donors (Lipinski definition) is 1. The van der Waals surface area contributed by atoms with Crippen LogP contribution in [0.15, 0.2) is 48.5 Å². The molecule has 6 heteroatoms. The van der Waals surface area contributed by atoms with Crippen LogP contribution in [0, 0.1) is 6.92 Å². The summed E-state index contributed by atoms with van der Waals surface area (Å²) in [5.74, 6) is 3.24. The summed E-state index contributed by atoms with van der Waals surface area (Å²) in [7, 11) is 0. The first kappa shape index (κ1) is 19.7. The number of anilines is 1. The standard InChI is InChI=1S/C23H26N4OS/c1-17-9-11-18(12-10-17)15-29-16-22(28)24-20-7-5-6-19(14-20)23-26-25-21-8-3-2-4-13-27(21)23/h5-7,9-12,14H,2-4,8,13,15-16H2,1H3,(H,24,28). The molecular weight excluding hydrogens is 380 g/mol. The Labute approximate surface area is 175 Å². The summed E-state index contributed by atoms with van der Waals surface area (Å²) in [5, 5.41) is 11.8. The van der Waals surface area contributed by atoms with E-state index in [-0.39, 0.29) is 5.91 Å². The highest BCUT2D eigenvalue weighted by Gasteiger charge is 2.16. The number of nitrogens with zero attached hydrogens (tertiary/aromatic N) is 3. The zero-order valence-electron chi connectivity index (χ0n) is 16.7. The number of fused-ring (bicyclic) bond motifs is 1. The second-order valence-corrected chi connectivity index (χ2v) is 8.50. The fourth-order valence-corrected chi connectivity index (χ4v) is 4.37. The van der Waals surface area contributed by atoms with Gasteiger partial charge in [-0.25, -0.2) is 0 Å². The van der Waals surface area contributed by atoms with Crippen molar-refractivity contribution in [2.45, 2.75) is 44.9 Å². The van der Waals surface area contributed by atoms with Crippen LogP contribution in [-0.4, -0.2) is 26.4 Å². The summed E-state index contributed by atoms with van der Waals surface area (Å²) >= 11 is 1.62. The summed E-state index contributed by atoms with van der Waals surface area (Å²) in [6.07, 6.45) is 4.56. The first-order valence-electron chi connectivity index (χ1n) is 10.1. The zero-order valence-corrected chi connectivity index (χ0v) is 17.5. The topological polar surface area (TPSA) is 59.8 Å². The Morgan fingerprint density at radius 1 is 1.10 bits per heavy atom. The van der Waals surface area contributed by atoms with E-state index in [1.165, 1.54) is 24.0 Å². The highest BCUT2D eigenvalue weighted by atomic mass is 32.2. The number of nitrogens with one attached hydrogen (secondary N) is 1. The monoisotopic (exact) mass is 406 g/mol. The Balaban J connectivity index is 1.37. The summed E-state index contributed by atoms with van der Waals surface area (Å²) in [5.41, 5.74) is 4.29. The predicted octanol–water partition coefficient (Wildman–Crippen LogP) is 4.85. The lowest BCUT2D eigenvalue weighted by molar-refractivity contribution is -0.113. The van der Waals surface area contributed by atoms with E-state index >= 15 is 0 Å². The maximum absolute atomic E-state index is 12.4. The summed E-state index contributed by atoms with van der Waals surface area (Å²) in [4.78, 5) is 12.4. The Morgan fingerprint density at radius 2 is 1.97 bits per heavy atom. The van der Waals surface area contributed by atoms with Gasteiger partial charge in [0.15, 0.2) is 5.82 Å². The zero-order chi connectivity index (χ0) is 20.1. The normalized spacial score (nSPS) is 13.6. The Hall–Kier alpha value is -2.60. The van der Waals surface area contributed by atoms with E-state index in [0.717, 1.165) is 48.0 Å². The van der Waals surface area contributed by atoms with Crippen molar-refractivity contribution in [2.24, 2.45) is 0 Å². The van der Waals surface area contributed by atoms with Crippen molar-refractivity contribution in [1.29, 1.82) is 0 Å². The maximum atomic E-state index is 12.4. The van der Waals surface area contributed by atoms with Crippen molar-refractivity contribution >= 4 is 23.4 Å². The molecule has 29 heavy (non-hydrogen) atoms. The third-order valence-corrected chi connectivity index (χ3v) is 6.14. The van der Waals surface area contributed by atoms with E-state index in [1.54, 1.807) is 11.8 Å². The number of aromatic nitrogens is 3. The van der Waals surface area contributed by atoms with Crippen LogP contribution in [0.2, 0.25) is 0 Å². The lowest BCUT2D eigenvalue weighted by Crippen LogP contribution is -2.14. The molecule has 0 radical (unpaired) electrons. The van der Waals surface area contributed by atoms with Gasteiger partial charge in [-0.15, -0.1) is 22.0 Å². The van der Waals surface area contributed by atoms with Gasteiger partial charge < -0.3 is 9.88 Å².